The lowest BCUT2D eigenvalue weighted by Crippen LogP contribution is -2.14. The molecule has 19 heavy (non-hydrogen) atoms. The monoisotopic (exact) mass is 291 g/mol. The van der Waals surface area contributed by atoms with Crippen LogP contribution in [0.15, 0.2) is 34.9 Å². The minimum Gasteiger partial charge on any atom is -0.477 e. The minimum absolute atomic E-state index is 0.0333. The molecule has 0 bridgehead atoms. The Hall–Kier alpha value is -1.63. The van der Waals surface area contributed by atoms with Gasteiger partial charge < -0.3 is 10.4 Å². The third-order valence-corrected chi connectivity index (χ3v) is 2.89. The van der Waals surface area contributed by atoms with Gasteiger partial charge in [0.25, 0.3) is 0 Å². The molecule has 0 radical (unpaired) electrons. The predicted octanol–water partition coefficient (Wildman–Crippen LogP) is 2.69. The summed E-state index contributed by atoms with van der Waals surface area (Å²) in [5.74, 6) is -1.24. The molecule has 0 aliphatic rings. The van der Waals surface area contributed by atoms with Crippen molar-refractivity contribution in [2.45, 2.75) is 12.6 Å². The van der Waals surface area contributed by atoms with Gasteiger partial charge in [0.05, 0.1) is 5.56 Å². The number of halogens is 3. The summed E-state index contributed by atoms with van der Waals surface area (Å²) in [5, 5.41) is 11.4. The lowest BCUT2D eigenvalue weighted by molar-refractivity contribution is -0.137. The van der Waals surface area contributed by atoms with E-state index in [9.17, 15) is 18.0 Å². The van der Waals surface area contributed by atoms with Gasteiger partial charge in [-0.1, -0.05) is 18.2 Å². The summed E-state index contributed by atoms with van der Waals surface area (Å²) in [6, 6.07) is 4.73. The zero-order valence-electron chi connectivity index (χ0n) is 9.95. The van der Waals surface area contributed by atoms with Crippen LogP contribution >= 0.6 is 12.6 Å². The summed E-state index contributed by atoms with van der Waals surface area (Å²) >= 11 is 3.81. The summed E-state index contributed by atoms with van der Waals surface area (Å²) in [5.41, 5.74) is -0.168. The van der Waals surface area contributed by atoms with Crippen LogP contribution in [-0.2, 0) is 17.4 Å². The van der Waals surface area contributed by atoms with Gasteiger partial charge in [0, 0.05) is 19.2 Å². The molecular formula is C12H12F3NO2S. The van der Waals surface area contributed by atoms with Gasteiger partial charge in [-0.05, 0) is 11.6 Å². The molecule has 0 saturated heterocycles. The van der Waals surface area contributed by atoms with E-state index in [-0.39, 0.29) is 17.0 Å². The molecule has 0 amide bonds. The molecule has 0 aromatic heterocycles. The number of nitrogens with one attached hydrogen (secondary N) is 1. The van der Waals surface area contributed by atoms with Crippen molar-refractivity contribution in [2.75, 3.05) is 7.05 Å². The first kappa shape index (κ1) is 15.4. The minimum atomic E-state index is -4.42. The maximum atomic E-state index is 12.5. The second-order valence-corrected chi connectivity index (χ2v) is 4.20. The molecule has 3 nitrogen and oxygen atoms in total. The van der Waals surface area contributed by atoms with Crippen LogP contribution in [0.4, 0.5) is 13.2 Å². The van der Waals surface area contributed by atoms with Crippen molar-refractivity contribution in [3.8, 4) is 0 Å². The Balaban J connectivity index is 3.06. The van der Waals surface area contributed by atoms with Crippen molar-refractivity contribution in [3.63, 3.8) is 0 Å². The number of hydrogen-bond donors (Lipinski definition) is 3. The Bertz CT molecular complexity index is 512. The molecule has 1 aromatic carbocycles. The van der Waals surface area contributed by atoms with Crippen molar-refractivity contribution in [3.05, 3.63) is 46.0 Å². The average Bonchev–Trinajstić information content (AvgIpc) is 2.34. The Kier molecular flexibility index (Phi) is 4.88. The number of hydrogen-bond acceptors (Lipinski definition) is 3. The highest BCUT2D eigenvalue weighted by Crippen LogP contribution is 2.30. The maximum Gasteiger partial charge on any atom is 0.416 e. The number of alkyl halides is 3. The summed E-state index contributed by atoms with van der Waals surface area (Å²) in [7, 11) is 1.49. The van der Waals surface area contributed by atoms with E-state index in [0.29, 0.717) is 5.56 Å². The molecule has 7 heteroatoms. The molecular weight excluding hydrogens is 279 g/mol. The van der Waals surface area contributed by atoms with Crippen molar-refractivity contribution in [1.82, 2.24) is 5.32 Å². The Labute approximate surface area is 113 Å². The van der Waals surface area contributed by atoms with Gasteiger partial charge in [-0.15, -0.1) is 12.6 Å². The van der Waals surface area contributed by atoms with E-state index in [1.165, 1.54) is 19.2 Å². The highest BCUT2D eigenvalue weighted by molar-refractivity contribution is 7.85. The van der Waals surface area contributed by atoms with E-state index >= 15 is 0 Å². The molecule has 104 valence electrons. The SMILES string of the molecule is CN/C(Cc1cccc(C(F)(F)F)c1)=C(\S)C(=O)O. The number of benzene rings is 1. The van der Waals surface area contributed by atoms with E-state index < -0.39 is 17.7 Å². The highest BCUT2D eigenvalue weighted by Gasteiger charge is 2.30. The third-order valence-electron chi connectivity index (χ3n) is 2.43. The van der Waals surface area contributed by atoms with E-state index in [1.54, 1.807) is 0 Å². The van der Waals surface area contributed by atoms with Gasteiger partial charge in [-0.2, -0.15) is 13.2 Å². The zero-order chi connectivity index (χ0) is 14.6. The van der Waals surface area contributed by atoms with Gasteiger partial charge in [0.15, 0.2) is 0 Å². The van der Waals surface area contributed by atoms with Crippen LogP contribution in [0.1, 0.15) is 11.1 Å². The summed E-state index contributed by atoms with van der Waals surface area (Å²) in [6.07, 6.45) is -4.39. The number of thiol groups is 1. The molecule has 0 unspecified atom stereocenters. The zero-order valence-corrected chi connectivity index (χ0v) is 10.8. The van der Waals surface area contributed by atoms with Gasteiger partial charge in [-0.25, -0.2) is 4.79 Å². The highest BCUT2D eigenvalue weighted by atomic mass is 32.1. The molecule has 0 heterocycles. The van der Waals surface area contributed by atoms with Gasteiger partial charge in [0.1, 0.15) is 4.91 Å². The van der Waals surface area contributed by atoms with Gasteiger partial charge >= 0.3 is 12.1 Å². The van der Waals surface area contributed by atoms with Crippen molar-refractivity contribution < 1.29 is 23.1 Å². The van der Waals surface area contributed by atoms with Crippen LogP contribution in [0.2, 0.25) is 0 Å². The molecule has 0 aliphatic carbocycles. The summed E-state index contributed by atoms with van der Waals surface area (Å²) < 4.78 is 37.6. The molecule has 0 spiro atoms. The second-order valence-electron chi connectivity index (χ2n) is 3.76. The normalized spacial score (nSPS) is 12.9. The van der Waals surface area contributed by atoms with Crippen molar-refractivity contribution >= 4 is 18.6 Å². The molecule has 1 rings (SSSR count). The fourth-order valence-corrected chi connectivity index (χ4v) is 1.67. The summed E-state index contributed by atoms with van der Waals surface area (Å²) in [4.78, 5) is 10.5. The average molecular weight is 291 g/mol. The Morgan fingerprint density at radius 2 is 2.05 bits per heavy atom. The number of allylic oxidation sites excluding steroid dienone is 1. The Morgan fingerprint density at radius 3 is 2.53 bits per heavy atom. The quantitative estimate of drug-likeness (QED) is 0.590. The van der Waals surface area contributed by atoms with Crippen LogP contribution in [0.5, 0.6) is 0 Å². The molecule has 0 fully saturated rings. The molecule has 1 aromatic rings. The number of carboxylic acids is 1. The van der Waals surface area contributed by atoms with Crippen LogP contribution in [0, 0.1) is 0 Å². The van der Waals surface area contributed by atoms with Crippen LogP contribution < -0.4 is 5.32 Å². The fourth-order valence-electron chi connectivity index (χ4n) is 1.48. The largest absolute Gasteiger partial charge is 0.477 e. The lowest BCUT2D eigenvalue weighted by atomic mass is 10.1. The van der Waals surface area contributed by atoms with Gasteiger partial charge in [-0.3, -0.25) is 0 Å². The smallest absolute Gasteiger partial charge is 0.416 e. The topological polar surface area (TPSA) is 49.3 Å². The van der Waals surface area contributed by atoms with Crippen molar-refractivity contribution in [1.29, 1.82) is 0 Å². The second kappa shape index (κ2) is 6.01. The Morgan fingerprint density at radius 1 is 1.42 bits per heavy atom. The van der Waals surface area contributed by atoms with Gasteiger partial charge in [0.2, 0.25) is 0 Å². The first-order chi connectivity index (χ1) is 8.75. The molecule has 0 saturated carbocycles. The lowest BCUT2D eigenvalue weighted by Gasteiger charge is -2.11. The number of rotatable bonds is 4. The first-order valence-corrected chi connectivity index (χ1v) is 5.69. The van der Waals surface area contributed by atoms with E-state index in [4.69, 9.17) is 5.11 Å². The molecule has 0 atom stereocenters. The predicted molar refractivity (Wildman–Crippen MR) is 67.9 cm³/mol. The third kappa shape index (κ3) is 4.20. The van der Waals surface area contributed by atoms with E-state index in [2.05, 4.69) is 17.9 Å². The van der Waals surface area contributed by atoms with Crippen molar-refractivity contribution in [2.24, 2.45) is 0 Å². The number of carboxylic acid groups (broad SMARTS) is 1. The first-order valence-electron chi connectivity index (χ1n) is 5.25. The van der Waals surface area contributed by atoms with E-state index in [0.717, 1.165) is 12.1 Å². The van der Waals surface area contributed by atoms with E-state index in [1.807, 2.05) is 0 Å². The number of carbonyl (C=O) groups is 1. The molecule has 2 N–H and O–H groups in total. The summed E-state index contributed by atoms with van der Waals surface area (Å²) in [6.45, 7) is 0. The number of aliphatic carboxylic acids is 1. The van der Waals surface area contributed by atoms with Crippen LogP contribution in [0.25, 0.3) is 0 Å². The standard InChI is InChI=1S/C12H12F3NO2S/c1-16-9(10(19)11(17)18)6-7-3-2-4-8(5-7)12(13,14)15/h2-5,16,19H,6H2,1H3,(H,17,18)/b10-9-. The fraction of sp³-hybridized carbons (Fsp3) is 0.250. The van der Waals surface area contributed by atoms with Crippen LogP contribution in [0.3, 0.4) is 0 Å². The maximum absolute atomic E-state index is 12.5. The number of likely N-dealkylation sites (N-methyl/N-ethyl adjacent to an activating group) is 1. The molecule has 0 aliphatic heterocycles. The van der Waals surface area contributed by atoms with Crippen LogP contribution in [-0.4, -0.2) is 18.1 Å².